The molecule has 0 heterocycles. The molecule has 0 saturated heterocycles. The van der Waals surface area contributed by atoms with Gasteiger partial charge in [0.05, 0.1) is 0 Å². The van der Waals surface area contributed by atoms with Crippen LogP contribution in [0.1, 0.15) is 63.5 Å². The number of ether oxygens (including phenoxy) is 1. The average molecular weight is 481 g/mol. The molecule has 3 rings (SSSR count). The van der Waals surface area contributed by atoms with E-state index in [1.165, 1.54) is 11.1 Å². The van der Waals surface area contributed by atoms with Crippen LogP contribution in [0.25, 0.3) is 11.1 Å². The molecule has 0 bridgehead atoms. The van der Waals surface area contributed by atoms with E-state index < -0.39 is 12.1 Å². The highest BCUT2D eigenvalue weighted by Gasteiger charge is 2.29. The Morgan fingerprint density at radius 2 is 1.57 bits per heavy atom. The highest BCUT2D eigenvalue weighted by atomic mass is 16.5. The van der Waals surface area contributed by atoms with Gasteiger partial charge in [0, 0.05) is 31.3 Å². The van der Waals surface area contributed by atoms with E-state index in [4.69, 9.17) is 9.84 Å². The molecule has 0 radical (unpaired) electrons. The Bertz CT molecular complexity index is 990. The van der Waals surface area contributed by atoms with Crippen molar-refractivity contribution in [3.63, 3.8) is 0 Å². The number of hydrogen-bond acceptors (Lipinski definition) is 4. The summed E-state index contributed by atoms with van der Waals surface area (Å²) in [5.41, 5.74) is 4.62. The SMILES string of the molecule is CC[C@@H](CC(=O)NC[C@H](CC(=O)O)CC(C)C)NC(=O)OCC1c2ccccc2-c2ccccc21. The van der Waals surface area contributed by atoms with E-state index in [1.54, 1.807) is 0 Å². The standard InChI is InChI=1S/C28H36N2O5/c1-4-20(15-26(31)29-16-19(13-18(2)3)14-27(32)33)30-28(34)35-17-25-23-11-7-5-9-21(23)22-10-6-8-12-24(22)25/h5-12,18-20,25H,4,13-17H2,1-3H3,(H,29,31)(H,30,34)(H,32,33)/t19-,20-/m0/s1. The minimum atomic E-state index is -0.867. The third-order valence-electron chi connectivity index (χ3n) is 6.45. The van der Waals surface area contributed by atoms with Crippen molar-refractivity contribution in [2.75, 3.05) is 13.2 Å². The number of aliphatic carboxylic acids is 1. The summed E-state index contributed by atoms with van der Waals surface area (Å²) in [6, 6.07) is 15.9. The highest BCUT2D eigenvalue weighted by Crippen LogP contribution is 2.44. The van der Waals surface area contributed by atoms with Crippen molar-refractivity contribution < 1.29 is 24.2 Å². The number of hydrogen-bond donors (Lipinski definition) is 3. The molecule has 0 spiro atoms. The van der Waals surface area contributed by atoms with Gasteiger partial charge < -0.3 is 20.5 Å². The highest BCUT2D eigenvalue weighted by molar-refractivity contribution is 5.79. The molecule has 3 N–H and O–H groups in total. The summed E-state index contributed by atoms with van der Waals surface area (Å²) in [6.45, 7) is 6.48. The van der Waals surface area contributed by atoms with Crippen LogP contribution in [0.4, 0.5) is 4.79 Å². The molecule has 1 aliphatic rings. The van der Waals surface area contributed by atoms with Gasteiger partial charge >= 0.3 is 12.1 Å². The van der Waals surface area contributed by atoms with Crippen LogP contribution in [0.15, 0.2) is 48.5 Å². The summed E-state index contributed by atoms with van der Waals surface area (Å²) in [5.74, 6) is -0.881. The van der Waals surface area contributed by atoms with E-state index in [2.05, 4.69) is 34.9 Å². The van der Waals surface area contributed by atoms with Crippen LogP contribution in [-0.2, 0) is 14.3 Å². The van der Waals surface area contributed by atoms with Crippen LogP contribution >= 0.6 is 0 Å². The maximum atomic E-state index is 12.6. The van der Waals surface area contributed by atoms with Crippen molar-refractivity contribution in [2.24, 2.45) is 11.8 Å². The molecule has 35 heavy (non-hydrogen) atoms. The van der Waals surface area contributed by atoms with Gasteiger partial charge in [-0.15, -0.1) is 0 Å². The number of fused-ring (bicyclic) bond motifs is 3. The molecule has 2 atom stereocenters. The van der Waals surface area contributed by atoms with Crippen LogP contribution in [0.3, 0.4) is 0 Å². The van der Waals surface area contributed by atoms with Crippen LogP contribution in [0.5, 0.6) is 0 Å². The van der Waals surface area contributed by atoms with Crippen LogP contribution < -0.4 is 10.6 Å². The lowest BCUT2D eigenvalue weighted by Crippen LogP contribution is -2.40. The normalized spacial score (nSPS) is 14.1. The quantitative estimate of drug-likeness (QED) is 0.399. The van der Waals surface area contributed by atoms with E-state index in [9.17, 15) is 14.4 Å². The Morgan fingerprint density at radius 1 is 0.971 bits per heavy atom. The summed E-state index contributed by atoms with van der Waals surface area (Å²) in [4.78, 5) is 36.1. The van der Waals surface area contributed by atoms with Gasteiger partial charge in [0.25, 0.3) is 0 Å². The number of nitrogens with one attached hydrogen (secondary N) is 2. The van der Waals surface area contributed by atoms with Crippen LogP contribution in [0, 0.1) is 11.8 Å². The number of carboxylic acid groups (broad SMARTS) is 1. The van der Waals surface area contributed by atoms with Gasteiger partial charge in [0.15, 0.2) is 0 Å². The minimum absolute atomic E-state index is 0.0215. The van der Waals surface area contributed by atoms with E-state index in [1.807, 2.05) is 45.0 Å². The maximum Gasteiger partial charge on any atom is 0.407 e. The van der Waals surface area contributed by atoms with Gasteiger partial charge in [-0.05, 0) is 46.9 Å². The molecule has 0 aromatic heterocycles. The number of alkyl carbamates (subject to hydrolysis) is 1. The number of rotatable bonds is 12. The summed E-state index contributed by atoms with van der Waals surface area (Å²) < 4.78 is 5.59. The van der Waals surface area contributed by atoms with Gasteiger partial charge in [0.1, 0.15) is 6.61 Å². The van der Waals surface area contributed by atoms with E-state index in [0.29, 0.717) is 18.9 Å². The molecule has 2 aromatic rings. The second kappa shape index (κ2) is 12.4. The number of benzene rings is 2. The first kappa shape index (κ1) is 26.3. The lowest BCUT2D eigenvalue weighted by atomic mass is 9.94. The number of carbonyl (C=O) groups excluding carboxylic acids is 2. The first-order valence-electron chi connectivity index (χ1n) is 12.4. The Morgan fingerprint density at radius 3 is 2.11 bits per heavy atom. The van der Waals surface area contributed by atoms with E-state index in [0.717, 1.165) is 17.5 Å². The zero-order chi connectivity index (χ0) is 25.4. The second-order valence-electron chi connectivity index (χ2n) is 9.68. The van der Waals surface area contributed by atoms with Gasteiger partial charge in [-0.1, -0.05) is 69.3 Å². The topological polar surface area (TPSA) is 105 Å². The van der Waals surface area contributed by atoms with Crippen molar-refractivity contribution in [3.05, 3.63) is 59.7 Å². The molecule has 0 fully saturated rings. The average Bonchev–Trinajstić information content (AvgIpc) is 3.14. The first-order chi connectivity index (χ1) is 16.8. The lowest BCUT2D eigenvalue weighted by molar-refractivity contribution is -0.138. The zero-order valence-corrected chi connectivity index (χ0v) is 20.8. The van der Waals surface area contributed by atoms with Crippen molar-refractivity contribution in [1.82, 2.24) is 10.6 Å². The Kier molecular flexibility index (Phi) is 9.29. The molecule has 0 aliphatic heterocycles. The van der Waals surface area contributed by atoms with Crippen molar-refractivity contribution >= 4 is 18.0 Å². The van der Waals surface area contributed by atoms with E-state index >= 15 is 0 Å². The Hall–Kier alpha value is -3.35. The largest absolute Gasteiger partial charge is 0.481 e. The summed E-state index contributed by atoms with van der Waals surface area (Å²) in [7, 11) is 0. The third-order valence-corrected chi connectivity index (χ3v) is 6.45. The molecular formula is C28H36N2O5. The molecule has 2 aromatic carbocycles. The van der Waals surface area contributed by atoms with Crippen molar-refractivity contribution in [1.29, 1.82) is 0 Å². The number of carboxylic acids is 1. The van der Waals surface area contributed by atoms with Crippen molar-refractivity contribution in [2.45, 2.75) is 58.4 Å². The molecule has 7 nitrogen and oxygen atoms in total. The van der Waals surface area contributed by atoms with Gasteiger partial charge in [-0.25, -0.2) is 4.79 Å². The van der Waals surface area contributed by atoms with Crippen molar-refractivity contribution in [3.8, 4) is 11.1 Å². The fourth-order valence-corrected chi connectivity index (χ4v) is 4.81. The number of amides is 2. The number of carbonyl (C=O) groups is 3. The predicted octanol–water partition coefficient (Wildman–Crippen LogP) is 4.95. The lowest BCUT2D eigenvalue weighted by Gasteiger charge is -2.20. The Balaban J connectivity index is 1.50. The predicted molar refractivity (Wildman–Crippen MR) is 135 cm³/mol. The Labute approximate surface area is 207 Å². The monoisotopic (exact) mass is 480 g/mol. The third kappa shape index (κ3) is 7.31. The molecule has 0 saturated carbocycles. The van der Waals surface area contributed by atoms with Gasteiger partial charge in [0.2, 0.25) is 5.91 Å². The molecule has 188 valence electrons. The molecule has 1 aliphatic carbocycles. The molecule has 7 heteroatoms. The smallest absolute Gasteiger partial charge is 0.407 e. The minimum Gasteiger partial charge on any atom is -0.481 e. The first-order valence-corrected chi connectivity index (χ1v) is 12.4. The summed E-state index contributed by atoms with van der Waals surface area (Å²) in [6.07, 6.45) is 0.884. The maximum absolute atomic E-state index is 12.6. The summed E-state index contributed by atoms with van der Waals surface area (Å²) in [5, 5.41) is 14.7. The molecule has 0 unspecified atom stereocenters. The van der Waals surface area contributed by atoms with Crippen LogP contribution in [-0.4, -0.2) is 42.3 Å². The fraction of sp³-hybridized carbons (Fsp3) is 0.464. The van der Waals surface area contributed by atoms with Gasteiger partial charge in [-0.2, -0.15) is 0 Å². The molecular weight excluding hydrogens is 444 g/mol. The van der Waals surface area contributed by atoms with Crippen LogP contribution in [0.2, 0.25) is 0 Å². The summed E-state index contributed by atoms with van der Waals surface area (Å²) >= 11 is 0. The fourth-order valence-electron chi connectivity index (χ4n) is 4.81. The zero-order valence-electron chi connectivity index (χ0n) is 20.8. The van der Waals surface area contributed by atoms with Gasteiger partial charge in [-0.3, -0.25) is 9.59 Å². The second-order valence-corrected chi connectivity index (χ2v) is 9.68. The van der Waals surface area contributed by atoms with E-state index in [-0.39, 0.29) is 43.2 Å². The molecule has 2 amide bonds.